The van der Waals surface area contributed by atoms with E-state index in [2.05, 4.69) is 15.0 Å². The van der Waals surface area contributed by atoms with Crippen LogP contribution in [0.3, 0.4) is 0 Å². The van der Waals surface area contributed by atoms with E-state index < -0.39 is 12.8 Å². The maximum absolute atomic E-state index is 11.8. The van der Waals surface area contributed by atoms with Crippen LogP contribution in [0.15, 0.2) is 0 Å². The van der Waals surface area contributed by atoms with Crippen molar-refractivity contribution >= 4 is 12.4 Å². The third-order valence-electron chi connectivity index (χ3n) is 2.81. The van der Waals surface area contributed by atoms with Crippen LogP contribution in [0, 0.1) is 0 Å². The van der Waals surface area contributed by atoms with Gasteiger partial charge in [0.15, 0.2) is 0 Å². The zero-order chi connectivity index (χ0) is 12.0. The van der Waals surface area contributed by atoms with Crippen LogP contribution in [-0.2, 0) is 4.74 Å². The van der Waals surface area contributed by atoms with Crippen molar-refractivity contribution in [1.82, 2.24) is 10.2 Å². The van der Waals surface area contributed by atoms with Gasteiger partial charge in [-0.2, -0.15) is 13.2 Å². The highest BCUT2D eigenvalue weighted by molar-refractivity contribution is 5.85. The minimum absolute atomic E-state index is 0. The number of piperidine rings is 1. The topological polar surface area (TPSA) is 24.5 Å². The fourth-order valence-electron chi connectivity index (χ4n) is 1.83. The molecule has 7 heteroatoms. The molecule has 1 heterocycles. The molecule has 0 amide bonds. The highest BCUT2D eigenvalue weighted by Crippen LogP contribution is 2.14. The molecule has 0 saturated carbocycles. The van der Waals surface area contributed by atoms with E-state index in [1.54, 1.807) is 0 Å². The summed E-state index contributed by atoms with van der Waals surface area (Å²) in [5.41, 5.74) is 0. The van der Waals surface area contributed by atoms with Crippen LogP contribution in [0.2, 0.25) is 0 Å². The van der Waals surface area contributed by atoms with Crippen LogP contribution in [0.1, 0.15) is 12.8 Å². The lowest BCUT2D eigenvalue weighted by atomic mass is 10.1. The number of likely N-dealkylation sites (tertiary alicyclic amines) is 1. The van der Waals surface area contributed by atoms with Gasteiger partial charge in [-0.05, 0) is 33.0 Å². The van der Waals surface area contributed by atoms with Crippen molar-refractivity contribution in [1.29, 1.82) is 0 Å². The molecule has 0 aliphatic carbocycles. The molecule has 0 bridgehead atoms. The number of nitrogens with zero attached hydrogens (tertiary/aromatic N) is 1. The van der Waals surface area contributed by atoms with E-state index in [1.165, 1.54) is 0 Å². The summed E-state index contributed by atoms with van der Waals surface area (Å²) in [4.78, 5) is 2.14. The number of hydrogen-bond acceptors (Lipinski definition) is 3. The number of ether oxygens (including phenoxy) is 1. The van der Waals surface area contributed by atoms with E-state index in [1.807, 2.05) is 7.05 Å². The second kappa shape index (κ2) is 8.13. The Labute approximate surface area is 106 Å². The van der Waals surface area contributed by atoms with E-state index in [0.29, 0.717) is 12.6 Å². The average Bonchev–Trinajstić information content (AvgIpc) is 2.24. The first-order valence-electron chi connectivity index (χ1n) is 5.55. The van der Waals surface area contributed by atoms with E-state index in [9.17, 15) is 13.2 Å². The fraction of sp³-hybridized carbons (Fsp3) is 1.00. The quantitative estimate of drug-likeness (QED) is 0.773. The highest BCUT2D eigenvalue weighted by atomic mass is 35.5. The molecule has 3 nitrogen and oxygen atoms in total. The van der Waals surface area contributed by atoms with Crippen molar-refractivity contribution in [3.63, 3.8) is 0 Å². The molecule has 0 radical (unpaired) electrons. The number of halogens is 4. The molecule has 104 valence electrons. The van der Waals surface area contributed by atoms with Gasteiger partial charge in [0.25, 0.3) is 0 Å². The average molecular weight is 277 g/mol. The van der Waals surface area contributed by atoms with Crippen molar-refractivity contribution in [3.05, 3.63) is 0 Å². The second-order valence-corrected chi connectivity index (χ2v) is 4.07. The molecule has 1 rings (SSSR count). The monoisotopic (exact) mass is 276 g/mol. The molecule has 0 aromatic rings. The third-order valence-corrected chi connectivity index (χ3v) is 2.81. The Morgan fingerprint density at radius 1 is 1.29 bits per heavy atom. The van der Waals surface area contributed by atoms with Gasteiger partial charge in [0.1, 0.15) is 6.61 Å². The third kappa shape index (κ3) is 7.81. The normalized spacial score (nSPS) is 19.1. The Morgan fingerprint density at radius 2 is 1.88 bits per heavy atom. The van der Waals surface area contributed by atoms with Gasteiger partial charge in [0, 0.05) is 12.6 Å². The predicted octanol–water partition coefficient (Wildman–Crippen LogP) is 1.67. The first-order chi connectivity index (χ1) is 7.51. The summed E-state index contributed by atoms with van der Waals surface area (Å²) in [6, 6.07) is 0.548. The van der Waals surface area contributed by atoms with Crippen LogP contribution in [0.25, 0.3) is 0 Å². The largest absolute Gasteiger partial charge is 0.411 e. The lowest BCUT2D eigenvalue weighted by molar-refractivity contribution is -0.174. The number of nitrogens with one attached hydrogen (secondary N) is 1. The summed E-state index contributed by atoms with van der Waals surface area (Å²) in [5.74, 6) is 0. The van der Waals surface area contributed by atoms with Crippen LogP contribution in [0.4, 0.5) is 13.2 Å². The smallest absolute Gasteiger partial charge is 0.371 e. The first-order valence-corrected chi connectivity index (χ1v) is 5.55. The zero-order valence-electron chi connectivity index (χ0n) is 9.92. The fourth-order valence-corrected chi connectivity index (χ4v) is 1.83. The number of hydrogen-bond donors (Lipinski definition) is 1. The summed E-state index contributed by atoms with van der Waals surface area (Å²) < 4.78 is 39.9. The molecule has 0 spiro atoms. The van der Waals surface area contributed by atoms with Gasteiger partial charge in [-0.3, -0.25) is 0 Å². The Balaban J connectivity index is 0.00000256. The molecular formula is C10H20ClF3N2O. The van der Waals surface area contributed by atoms with E-state index in [-0.39, 0.29) is 19.0 Å². The van der Waals surface area contributed by atoms with E-state index in [4.69, 9.17) is 0 Å². The summed E-state index contributed by atoms with van der Waals surface area (Å²) in [5, 5.41) is 3.20. The lowest BCUT2D eigenvalue weighted by Crippen LogP contribution is -2.42. The van der Waals surface area contributed by atoms with Crippen LogP contribution < -0.4 is 5.32 Å². The van der Waals surface area contributed by atoms with Gasteiger partial charge < -0.3 is 15.0 Å². The minimum Gasteiger partial charge on any atom is -0.371 e. The molecule has 0 atom stereocenters. The standard InChI is InChI=1S/C10H19F3N2O.ClH/c1-14-9-2-4-15(5-3-9)6-7-16-8-10(11,12)13;/h9,14H,2-8H2,1H3;1H. The Bertz CT molecular complexity index is 196. The van der Waals surface area contributed by atoms with Gasteiger partial charge in [-0.15, -0.1) is 12.4 Å². The predicted molar refractivity (Wildman–Crippen MR) is 62.6 cm³/mol. The Hall–Kier alpha value is -0.0400. The summed E-state index contributed by atoms with van der Waals surface area (Å²) in [6.45, 7) is 1.47. The summed E-state index contributed by atoms with van der Waals surface area (Å²) in [6.07, 6.45) is -2.11. The van der Waals surface area contributed by atoms with Gasteiger partial charge >= 0.3 is 6.18 Å². The summed E-state index contributed by atoms with van der Waals surface area (Å²) >= 11 is 0. The maximum atomic E-state index is 11.8. The molecule has 1 saturated heterocycles. The Kier molecular flexibility index (Phi) is 8.11. The van der Waals surface area contributed by atoms with Crippen LogP contribution >= 0.6 is 12.4 Å². The summed E-state index contributed by atoms with van der Waals surface area (Å²) in [7, 11) is 1.94. The van der Waals surface area contributed by atoms with Crippen LogP contribution in [-0.4, -0.2) is 57.0 Å². The number of alkyl halides is 3. The molecule has 0 unspecified atom stereocenters. The van der Waals surface area contributed by atoms with Gasteiger partial charge in [0.05, 0.1) is 6.61 Å². The van der Waals surface area contributed by atoms with Crippen molar-refractivity contribution in [2.45, 2.75) is 25.1 Å². The molecule has 0 aromatic carbocycles. The highest BCUT2D eigenvalue weighted by Gasteiger charge is 2.27. The minimum atomic E-state index is -4.21. The lowest BCUT2D eigenvalue weighted by Gasteiger charge is -2.31. The van der Waals surface area contributed by atoms with E-state index >= 15 is 0 Å². The van der Waals surface area contributed by atoms with Gasteiger partial charge in [0.2, 0.25) is 0 Å². The molecule has 1 fully saturated rings. The molecular weight excluding hydrogens is 257 g/mol. The molecule has 1 N–H and O–H groups in total. The molecule has 17 heavy (non-hydrogen) atoms. The zero-order valence-corrected chi connectivity index (χ0v) is 10.7. The number of rotatable bonds is 5. The van der Waals surface area contributed by atoms with Gasteiger partial charge in [-0.25, -0.2) is 0 Å². The second-order valence-electron chi connectivity index (χ2n) is 4.07. The van der Waals surface area contributed by atoms with Gasteiger partial charge in [-0.1, -0.05) is 0 Å². The Morgan fingerprint density at radius 3 is 2.35 bits per heavy atom. The maximum Gasteiger partial charge on any atom is 0.411 e. The van der Waals surface area contributed by atoms with Crippen molar-refractivity contribution in [2.75, 3.05) is 39.9 Å². The van der Waals surface area contributed by atoms with Crippen molar-refractivity contribution in [2.24, 2.45) is 0 Å². The molecule has 0 aromatic heterocycles. The van der Waals surface area contributed by atoms with Crippen molar-refractivity contribution < 1.29 is 17.9 Å². The molecule has 1 aliphatic heterocycles. The molecule has 1 aliphatic rings. The van der Waals surface area contributed by atoms with Crippen LogP contribution in [0.5, 0.6) is 0 Å². The van der Waals surface area contributed by atoms with Crippen molar-refractivity contribution in [3.8, 4) is 0 Å². The SMILES string of the molecule is CNC1CCN(CCOCC(F)(F)F)CC1.Cl. The first kappa shape index (κ1) is 17.0. The van der Waals surface area contributed by atoms with E-state index in [0.717, 1.165) is 25.9 Å².